The molecule has 1 aliphatic heterocycles. The van der Waals surface area contributed by atoms with Gasteiger partial charge in [-0.05, 0) is 75.3 Å². The summed E-state index contributed by atoms with van der Waals surface area (Å²) < 4.78 is 24.7. The highest BCUT2D eigenvalue weighted by atomic mass is 16.7. The molecule has 2 unspecified atom stereocenters. The van der Waals surface area contributed by atoms with Crippen LogP contribution in [0.3, 0.4) is 0 Å². The number of amides is 1. The van der Waals surface area contributed by atoms with E-state index >= 15 is 0 Å². The van der Waals surface area contributed by atoms with Crippen LogP contribution in [0.1, 0.15) is 51.5 Å². The Balaban J connectivity index is 1.23. The number of nitrogens with two attached hydrogens (primary N) is 1. The molecule has 3 aliphatic rings. The number of nitrogen functional groups attached to an aromatic ring is 1. The van der Waals surface area contributed by atoms with E-state index in [-0.39, 0.29) is 12.2 Å². The van der Waals surface area contributed by atoms with E-state index < -0.39 is 6.09 Å². The molecule has 8 nitrogen and oxygen atoms in total. The molecular weight excluding hydrogens is 470 g/mol. The Labute approximate surface area is 217 Å². The monoisotopic (exact) mass is 505 g/mol. The molecule has 2 saturated carbocycles. The van der Waals surface area contributed by atoms with Crippen LogP contribution in [0.15, 0.2) is 42.5 Å². The van der Waals surface area contributed by atoms with E-state index in [1.165, 1.54) is 12.8 Å². The molecule has 3 N–H and O–H groups in total. The van der Waals surface area contributed by atoms with Crippen LogP contribution in [0.4, 0.5) is 16.2 Å². The summed E-state index contributed by atoms with van der Waals surface area (Å²) in [7, 11) is 0. The molecule has 2 heterocycles. The second-order valence-corrected chi connectivity index (χ2v) is 10.5. The van der Waals surface area contributed by atoms with Gasteiger partial charge in [-0.1, -0.05) is 18.6 Å². The number of carbonyl (C=O) groups is 1. The van der Waals surface area contributed by atoms with Crippen molar-refractivity contribution >= 4 is 28.4 Å². The molecule has 2 aliphatic carbocycles. The molecule has 0 radical (unpaired) electrons. The summed E-state index contributed by atoms with van der Waals surface area (Å²) in [5.41, 5.74) is 11.4. The lowest BCUT2D eigenvalue weighted by atomic mass is 9.82. The van der Waals surface area contributed by atoms with E-state index in [0.29, 0.717) is 37.7 Å². The molecule has 2 aromatic carbocycles. The Hall–Kier alpha value is -3.23. The number of nitrogens with one attached hydrogen (secondary N) is 1. The molecule has 8 heteroatoms. The summed E-state index contributed by atoms with van der Waals surface area (Å²) in [6, 6.07) is 14.4. The quantitative estimate of drug-likeness (QED) is 0.384. The van der Waals surface area contributed by atoms with Crippen molar-refractivity contribution in [2.24, 2.45) is 5.92 Å². The van der Waals surface area contributed by atoms with Crippen molar-refractivity contribution in [2.45, 2.75) is 63.7 Å². The average molecular weight is 506 g/mol. The molecule has 0 spiro atoms. The Kier molecular flexibility index (Phi) is 6.69. The summed E-state index contributed by atoms with van der Waals surface area (Å²) in [6.07, 6.45) is 6.48. The van der Waals surface area contributed by atoms with E-state index in [2.05, 4.69) is 16.0 Å². The van der Waals surface area contributed by atoms with Gasteiger partial charge in [0.1, 0.15) is 31.4 Å². The van der Waals surface area contributed by atoms with Crippen LogP contribution in [-0.2, 0) is 14.2 Å². The van der Waals surface area contributed by atoms with Crippen LogP contribution in [0.2, 0.25) is 0 Å². The van der Waals surface area contributed by atoms with Gasteiger partial charge in [0.2, 0.25) is 0 Å². The highest BCUT2D eigenvalue weighted by molar-refractivity contribution is 6.02. The maximum absolute atomic E-state index is 12.4. The van der Waals surface area contributed by atoms with Crippen molar-refractivity contribution in [3.05, 3.63) is 42.5 Å². The van der Waals surface area contributed by atoms with Crippen molar-refractivity contribution in [3.63, 3.8) is 0 Å². The van der Waals surface area contributed by atoms with E-state index in [1.807, 2.05) is 43.3 Å². The zero-order chi connectivity index (χ0) is 25.4. The van der Waals surface area contributed by atoms with Crippen LogP contribution in [0, 0.1) is 5.92 Å². The molecule has 3 fully saturated rings. The number of hydrogen-bond donors (Lipinski definition) is 2. The maximum Gasteiger partial charge on any atom is 0.411 e. The van der Waals surface area contributed by atoms with Crippen LogP contribution in [0.25, 0.3) is 22.2 Å². The third-order valence-corrected chi connectivity index (χ3v) is 8.09. The molecule has 0 bridgehead atoms. The Bertz CT molecular complexity index is 1260. The molecule has 1 aromatic heterocycles. The third kappa shape index (κ3) is 4.88. The van der Waals surface area contributed by atoms with Crippen molar-refractivity contribution in [2.75, 3.05) is 31.1 Å². The largest absolute Gasteiger partial charge is 0.491 e. The summed E-state index contributed by atoms with van der Waals surface area (Å²) >= 11 is 0. The van der Waals surface area contributed by atoms with Gasteiger partial charge < -0.3 is 29.2 Å². The van der Waals surface area contributed by atoms with Gasteiger partial charge in [-0.3, -0.25) is 5.32 Å². The zero-order valence-corrected chi connectivity index (χ0v) is 21.3. The number of nitrogens with zero attached hydrogens (tertiary/aromatic N) is 1. The fourth-order valence-corrected chi connectivity index (χ4v) is 5.42. The fourth-order valence-electron chi connectivity index (χ4n) is 5.42. The third-order valence-electron chi connectivity index (χ3n) is 8.09. The number of ether oxygens (including phenoxy) is 4. The lowest BCUT2D eigenvalue weighted by molar-refractivity contribution is 0.0320. The van der Waals surface area contributed by atoms with Crippen LogP contribution >= 0.6 is 0 Å². The Morgan fingerprint density at radius 2 is 1.92 bits per heavy atom. The van der Waals surface area contributed by atoms with Crippen LogP contribution in [0.5, 0.6) is 5.75 Å². The molecule has 1 amide bonds. The van der Waals surface area contributed by atoms with Crippen LogP contribution < -0.4 is 15.8 Å². The molecule has 3 aromatic rings. The van der Waals surface area contributed by atoms with Crippen LogP contribution in [-0.4, -0.2) is 42.9 Å². The zero-order valence-electron chi connectivity index (χ0n) is 21.3. The van der Waals surface area contributed by atoms with Gasteiger partial charge in [-0.15, -0.1) is 0 Å². The first kappa shape index (κ1) is 24.1. The highest BCUT2D eigenvalue weighted by Gasteiger charge is 2.28. The van der Waals surface area contributed by atoms with Gasteiger partial charge in [0.05, 0.1) is 23.5 Å². The van der Waals surface area contributed by atoms with Gasteiger partial charge in [0, 0.05) is 22.7 Å². The minimum Gasteiger partial charge on any atom is -0.491 e. The number of anilines is 2. The molecule has 6 rings (SSSR count). The van der Waals surface area contributed by atoms with Crippen molar-refractivity contribution < 1.29 is 23.7 Å². The first-order chi connectivity index (χ1) is 18.1. The molecule has 2 atom stereocenters. The number of rotatable bonds is 8. The first-order valence-electron chi connectivity index (χ1n) is 13.4. The topological polar surface area (TPSA) is 97.0 Å². The van der Waals surface area contributed by atoms with E-state index in [1.54, 1.807) is 0 Å². The van der Waals surface area contributed by atoms with E-state index in [9.17, 15) is 4.79 Å². The average Bonchev–Trinajstić information content (AvgIpc) is 3.43. The lowest BCUT2D eigenvalue weighted by Crippen LogP contribution is -2.30. The van der Waals surface area contributed by atoms with Gasteiger partial charge in [0.25, 0.3) is 0 Å². The fraction of sp³-hybridized carbons (Fsp3) is 0.483. The predicted molar refractivity (Wildman–Crippen MR) is 143 cm³/mol. The summed E-state index contributed by atoms with van der Waals surface area (Å²) in [5.74, 6) is 1.25. The molecule has 196 valence electrons. The number of fused-ring (bicyclic) bond motifs is 1. The number of carbonyl (C=O) groups excluding carboxylic acids is 1. The van der Waals surface area contributed by atoms with Crippen molar-refractivity contribution in [3.8, 4) is 17.0 Å². The minimum atomic E-state index is -0.405. The molecular formula is C29H35N3O5. The SMILES string of the molecule is CC(OC(=O)Nc1ccc(-c2c(N)c3cc(OCC4COCO4)ccc3n2C2CCC2)cc1)C1CCC1. The standard InChI is InChI=1S/C29H35N3O5/c1-18(19-4-2-5-19)37-29(33)31-21-10-8-20(9-11-21)28-27(30)25-14-23(35-16-24-15-34-17-36-24)12-13-26(25)32(28)22-6-3-7-22/h8-14,18-19,22,24H,2-7,15-17,30H2,1H3,(H,31,33). The second kappa shape index (κ2) is 10.3. The number of aromatic nitrogens is 1. The van der Waals surface area contributed by atoms with Gasteiger partial charge in [0.15, 0.2) is 0 Å². The lowest BCUT2D eigenvalue weighted by Gasteiger charge is -2.30. The maximum atomic E-state index is 12.4. The smallest absolute Gasteiger partial charge is 0.411 e. The van der Waals surface area contributed by atoms with Gasteiger partial charge >= 0.3 is 6.09 Å². The number of hydrogen-bond acceptors (Lipinski definition) is 6. The normalized spacial score (nSPS) is 20.8. The van der Waals surface area contributed by atoms with Gasteiger partial charge in [-0.25, -0.2) is 4.79 Å². The summed E-state index contributed by atoms with van der Waals surface area (Å²) in [6.45, 7) is 3.29. The van der Waals surface area contributed by atoms with E-state index in [4.69, 9.17) is 24.7 Å². The van der Waals surface area contributed by atoms with Crippen molar-refractivity contribution in [1.82, 2.24) is 4.57 Å². The minimum absolute atomic E-state index is 0.0472. The molecule has 37 heavy (non-hydrogen) atoms. The second-order valence-electron chi connectivity index (χ2n) is 10.5. The Morgan fingerprint density at radius 1 is 1.14 bits per heavy atom. The highest BCUT2D eigenvalue weighted by Crippen LogP contribution is 2.45. The summed E-state index contributed by atoms with van der Waals surface area (Å²) in [4.78, 5) is 12.4. The number of benzene rings is 2. The molecule has 1 saturated heterocycles. The van der Waals surface area contributed by atoms with Crippen molar-refractivity contribution in [1.29, 1.82) is 0 Å². The summed E-state index contributed by atoms with van der Waals surface area (Å²) in [5, 5.41) is 3.85. The Morgan fingerprint density at radius 3 is 2.57 bits per heavy atom. The van der Waals surface area contributed by atoms with Gasteiger partial charge in [-0.2, -0.15) is 0 Å². The van der Waals surface area contributed by atoms with E-state index in [0.717, 1.165) is 59.3 Å². The first-order valence-corrected chi connectivity index (χ1v) is 13.4. The predicted octanol–water partition coefficient (Wildman–Crippen LogP) is 6.10.